The number of anilines is 1. The molecule has 3 rings (SSSR count). The average molecular weight is 482 g/mol. The third-order valence-electron chi connectivity index (χ3n) is 4.15. The third kappa shape index (κ3) is 4.46. The van der Waals surface area contributed by atoms with Gasteiger partial charge in [-0.25, -0.2) is 0 Å². The van der Waals surface area contributed by atoms with Crippen molar-refractivity contribution in [3.63, 3.8) is 0 Å². The van der Waals surface area contributed by atoms with Gasteiger partial charge < -0.3 is 5.32 Å². The molecule has 1 aliphatic carbocycles. The van der Waals surface area contributed by atoms with E-state index in [0.29, 0.717) is 5.69 Å². The quantitative estimate of drug-likeness (QED) is 0.457. The third-order valence-corrected chi connectivity index (χ3v) is 5.16. The molecule has 0 unspecified atom stereocenters. The first-order valence-electron chi connectivity index (χ1n) is 8.15. The van der Waals surface area contributed by atoms with Gasteiger partial charge in [-0.3, -0.25) is 19.6 Å². The summed E-state index contributed by atoms with van der Waals surface area (Å²) in [5.74, 6) is -0.620. The highest BCUT2D eigenvalue weighted by atomic mass is 79.9. The summed E-state index contributed by atoms with van der Waals surface area (Å²) in [6.07, 6.45) is -3.31. The second kappa shape index (κ2) is 7.70. The van der Waals surface area contributed by atoms with Gasteiger partial charge in [-0.2, -0.15) is 18.3 Å². The maximum absolute atomic E-state index is 13.1. The van der Waals surface area contributed by atoms with E-state index in [-0.39, 0.29) is 39.8 Å². The zero-order valence-electron chi connectivity index (χ0n) is 14.1. The molecule has 1 N–H and O–H groups in total. The molecule has 150 valence electrons. The number of benzene rings is 1. The minimum absolute atomic E-state index is 0.0293. The lowest BCUT2D eigenvalue weighted by Gasteiger charge is -2.09. The van der Waals surface area contributed by atoms with Crippen LogP contribution in [0.5, 0.6) is 0 Å². The molecule has 0 saturated heterocycles. The van der Waals surface area contributed by atoms with Crippen molar-refractivity contribution in [3.8, 4) is 0 Å². The summed E-state index contributed by atoms with van der Waals surface area (Å²) in [6.45, 7) is -0.0895. The molecule has 0 bridgehead atoms. The number of nitro groups is 1. The summed E-state index contributed by atoms with van der Waals surface area (Å²) in [7, 11) is 0. The number of nitro benzene ring substituents is 1. The summed E-state index contributed by atoms with van der Waals surface area (Å²) in [6, 6.07) is 3.78. The minimum atomic E-state index is -4.61. The van der Waals surface area contributed by atoms with E-state index in [4.69, 9.17) is 11.6 Å². The Morgan fingerprint density at radius 2 is 2.11 bits per heavy atom. The Labute approximate surface area is 170 Å². The van der Waals surface area contributed by atoms with Crippen LogP contribution in [0.25, 0.3) is 0 Å². The van der Waals surface area contributed by atoms with Crippen LogP contribution in [0, 0.1) is 10.1 Å². The molecule has 0 aliphatic heterocycles. The largest absolute Gasteiger partial charge is 0.436 e. The molecule has 7 nitrogen and oxygen atoms in total. The minimum Gasteiger partial charge on any atom is -0.320 e. The highest BCUT2D eigenvalue weighted by Gasteiger charge is 2.41. The first-order chi connectivity index (χ1) is 13.1. The van der Waals surface area contributed by atoms with Crippen LogP contribution in [0.15, 0.2) is 22.7 Å². The molecule has 1 amide bonds. The Morgan fingerprint density at radius 3 is 2.68 bits per heavy atom. The molecule has 0 spiro atoms. The zero-order chi connectivity index (χ0) is 20.6. The van der Waals surface area contributed by atoms with Crippen molar-refractivity contribution in [1.82, 2.24) is 9.78 Å². The molecule has 0 radical (unpaired) electrons. The lowest BCUT2D eigenvalue weighted by molar-refractivity contribution is -0.383. The number of alkyl halides is 3. The zero-order valence-corrected chi connectivity index (χ0v) is 16.4. The van der Waals surface area contributed by atoms with Gasteiger partial charge in [-0.15, -0.1) is 0 Å². The van der Waals surface area contributed by atoms with Crippen LogP contribution in [0.1, 0.15) is 36.6 Å². The van der Waals surface area contributed by atoms with Crippen molar-refractivity contribution in [2.45, 2.75) is 37.9 Å². The van der Waals surface area contributed by atoms with E-state index in [9.17, 15) is 28.1 Å². The number of aromatic nitrogens is 2. The highest BCUT2D eigenvalue weighted by Crippen LogP contribution is 2.47. The Bertz CT molecular complexity index is 944. The van der Waals surface area contributed by atoms with E-state index >= 15 is 0 Å². The molecule has 1 fully saturated rings. The van der Waals surface area contributed by atoms with Crippen LogP contribution in [-0.2, 0) is 17.5 Å². The van der Waals surface area contributed by atoms with Gasteiger partial charge in [0.1, 0.15) is 5.69 Å². The van der Waals surface area contributed by atoms with Gasteiger partial charge in [0, 0.05) is 23.4 Å². The number of amides is 1. The number of carbonyl (C=O) groups is 1. The van der Waals surface area contributed by atoms with Gasteiger partial charge in [0.05, 0.1) is 21.6 Å². The normalized spacial score (nSPS) is 14.2. The fourth-order valence-corrected chi connectivity index (χ4v) is 3.73. The van der Waals surface area contributed by atoms with E-state index in [0.717, 1.165) is 18.9 Å². The second-order valence-corrected chi connectivity index (χ2v) is 7.49. The molecule has 28 heavy (non-hydrogen) atoms. The summed E-state index contributed by atoms with van der Waals surface area (Å²) >= 11 is 8.70. The molecule has 1 heterocycles. The summed E-state index contributed by atoms with van der Waals surface area (Å²) in [5.41, 5.74) is -1.03. The van der Waals surface area contributed by atoms with Gasteiger partial charge in [0.25, 0.3) is 5.69 Å². The monoisotopic (exact) mass is 480 g/mol. The van der Waals surface area contributed by atoms with Crippen LogP contribution in [-0.4, -0.2) is 20.6 Å². The standard InChI is InChI=1S/C16H13BrClF3N4O3/c17-13-14(8-1-2-8)24(23-15(13)16(19,20)21)6-5-12(26)22-10-4-3-9(18)7-11(10)25(27)28/h3-4,7-8H,1-2,5-6H2,(H,22,26). The van der Waals surface area contributed by atoms with Crippen molar-refractivity contribution < 1.29 is 22.9 Å². The van der Waals surface area contributed by atoms with E-state index in [1.54, 1.807) is 0 Å². The van der Waals surface area contributed by atoms with Gasteiger partial charge in [0.15, 0.2) is 5.69 Å². The van der Waals surface area contributed by atoms with Crippen LogP contribution in [0.4, 0.5) is 24.5 Å². The van der Waals surface area contributed by atoms with Crippen molar-refractivity contribution in [1.29, 1.82) is 0 Å². The highest BCUT2D eigenvalue weighted by molar-refractivity contribution is 9.10. The predicted octanol–water partition coefficient (Wildman–Crippen LogP) is 5.13. The SMILES string of the molecule is O=C(CCn1nc(C(F)(F)F)c(Br)c1C1CC1)Nc1ccc(Cl)cc1[N+](=O)[O-]. The average Bonchev–Trinajstić information content (AvgIpc) is 3.36. The first-order valence-corrected chi connectivity index (χ1v) is 9.32. The van der Waals surface area contributed by atoms with Crippen molar-refractivity contribution >= 4 is 44.8 Å². The van der Waals surface area contributed by atoms with Gasteiger partial charge in [-0.05, 0) is 40.9 Å². The van der Waals surface area contributed by atoms with Crippen molar-refractivity contribution in [2.24, 2.45) is 0 Å². The fourth-order valence-electron chi connectivity index (χ4n) is 2.73. The van der Waals surface area contributed by atoms with Crippen molar-refractivity contribution in [2.75, 3.05) is 5.32 Å². The number of aryl methyl sites for hydroxylation is 1. The molecule has 1 aromatic carbocycles. The van der Waals surface area contributed by atoms with Gasteiger partial charge >= 0.3 is 6.18 Å². The van der Waals surface area contributed by atoms with Crippen LogP contribution in [0.3, 0.4) is 0 Å². The number of hydrogen-bond donors (Lipinski definition) is 1. The number of carbonyl (C=O) groups excluding carboxylic acids is 1. The molecule has 0 atom stereocenters. The Hall–Kier alpha value is -2.14. The van der Waals surface area contributed by atoms with E-state index in [1.807, 2.05) is 0 Å². The summed E-state index contributed by atoms with van der Waals surface area (Å²) < 4.78 is 40.4. The van der Waals surface area contributed by atoms with Crippen molar-refractivity contribution in [3.05, 3.63) is 49.2 Å². The maximum Gasteiger partial charge on any atom is 0.436 e. The molecule has 1 aromatic heterocycles. The molecule has 1 aliphatic rings. The Balaban J connectivity index is 1.75. The summed E-state index contributed by atoms with van der Waals surface area (Å²) in [4.78, 5) is 22.6. The Morgan fingerprint density at radius 1 is 1.43 bits per heavy atom. The molecule has 1 saturated carbocycles. The van der Waals surface area contributed by atoms with Crippen LogP contribution >= 0.6 is 27.5 Å². The van der Waals surface area contributed by atoms with Gasteiger partial charge in [-0.1, -0.05) is 11.6 Å². The molecule has 12 heteroatoms. The fraction of sp³-hybridized carbons (Fsp3) is 0.375. The van der Waals surface area contributed by atoms with E-state index in [2.05, 4.69) is 26.3 Å². The van der Waals surface area contributed by atoms with E-state index in [1.165, 1.54) is 16.8 Å². The van der Waals surface area contributed by atoms with Crippen LogP contribution in [0.2, 0.25) is 5.02 Å². The predicted molar refractivity (Wildman–Crippen MR) is 98.3 cm³/mol. The number of halogens is 5. The number of rotatable bonds is 6. The number of nitrogens with one attached hydrogen (secondary N) is 1. The van der Waals surface area contributed by atoms with Gasteiger partial charge in [0.2, 0.25) is 5.91 Å². The maximum atomic E-state index is 13.1. The molecular formula is C16H13BrClF3N4O3. The first kappa shape index (κ1) is 20.6. The van der Waals surface area contributed by atoms with E-state index < -0.39 is 22.7 Å². The summed E-state index contributed by atoms with van der Waals surface area (Å²) in [5, 5.41) is 17.2. The lowest BCUT2D eigenvalue weighted by atomic mass is 10.2. The Kier molecular flexibility index (Phi) is 5.67. The lowest BCUT2D eigenvalue weighted by Crippen LogP contribution is -2.17. The molecule has 2 aromatic rings. The number of nitrogens with zero attached hydrogens (tertiary/aromatic N) is 3. The van der Waals surface area contributed by atoms with Crippen LogP contribution < -0.4 is 5.32 Å². The smallest absolute Gasteiger partial charge is 0.320 e. The second-order valence-electron chi connectivity index (χ2n) is 6.26. The topological polar surface area (TPSA) is 90.1 Å². The number of hydrogen-bond acceptors (Lipinski definition) is 4. The molecular weight excluding hydrogens is 469 g/mol.